The molecule has 1 aliphatic heterocycles. The van der Waals surface area contributed by atoms with Gasteiger partial charge in [-0.3, -0.25) is 0 Å². The van der Waals surface area contributed by atoms with Crippen LogP contribution in [0.3, 0.4) is 0 Å². The van der Waals surface area contributed by atoms with E-state index in [9.17, 15) is 0 Å². The van der Waals surface area contributed by atoms with Gasteiger partial charge in [0.05, 0.1) is 5.41 Å². The zero-order valence-corrected chi connectivity index (χ0v) is 37.6. The molecule has 6 nitrogen and oxygen atoms in total. The summed E-state index contributed by atoms with van der Waals surface area (Å²) in [6.45, 7) is 0. The smallest absolute Gasteiger partial charge is 0.177 e. The third-order valence-electron chi connectivity index (χ3n) is 13.9. The van der Waals surface area contributed by atoms with Crippen LogP contribution in [0.1, 0.15) is 22.3 Å². The van der Waals surface area contributed by atoms with Gasteiger partial charge in [-0.1, -0.05) is 206 Å². The zero-order chi connectivity index (χ0) is 46.2. The SMILES string of the molecule is c1ccc(-c2nc(-c3ccc(-c4cccc5c4oc4ccccc45)cc3)nc(-c3cccc(-c4cccc5c4Oc4cc6c(cc4O5)C(c4ccccc4)(c4ccccc4)c4ccccc4-6)c3)n2)cc1. The van der Waals surface area contributed by atoms with Crippen molar-refractivity contribution >= 4 is 21.9 Å². The molecule has 0 N–H and O–H groups in total. The topological polar surface area (TPSA) is 70.3 Å². The average Bonchev–Trinajstić information content (AvgIpc) is 3.96. The van der Waals surface area contributed by atoms with E-state index in [1.807, 2.05) is 72.8 Å². The number of hydrogen-bond acceptors (Lipinski definition) is 6. The second-order valence-electron chi connectivity index (χ2n) is 17.8. The van der Waals surface area contributed by atoms with Gasteiger partial charge in [-0.05, 0) is 74.8 Å². The fourth-order valence-electron chi connectivity index (χ4n) is 10.7. The minimum atomic E-state index is -0.556. The second kappa shape index (κ2) is 15.9. The summed E-state index contributed by atoms with van der Waals surface area (Å²) in [6.07, 6.45) is 0. The van der Waals surface area contributed by atoms with Crippen LogP contribution in [0.25, 0.3) is 89.5 Å². The Hall–Kier alpha value is -9.39. The largest absolute Gasteiger partial charge is 0.455 e. The molecule has 0 spiro atoms. The van der Waals surface area contributed by atoms with Gasteiger partial charge in [0.1, 0.15) is 11.2 Å². The molecule has 0 saturated heterocycles. The van der Waals surface area contributed by atoms with Crippen molar-refractivity contribution in [1.82, 2.24) is 15.0 Å². The van der Waals surface area contributed by atoms with Crippen molar-refractivity contribution in [2.75, 3.05) is 0 Å². The molecule has 0 radical (unpaired) electrons. The highest BCUT2D eigenvalue weighted by Gasteiger charge is 2.47. The third-order valence-corrected chi connectivity index (χ3v) is 13.9. The zero-order valence-electron chi connectivity index (χ0n) is 37.6. The summed E-state index contributed by atoms with van der Waals surface area (Å²) >= 11 is 0. The van der Waals surface area contributed by atoms with E-state index in [1.165, 1.54) is 22.3 Å². The van der Waals surface area contributed by atoms with Gasteiger partial charge in [0.15, 0.2) is 40.5 Å². The number of furan rings is 1. The Morgan fingerprint density at radius 2 is 0.857 bits per heavy atom. The molecule has 0 unspecified atom stereocenters. The average molecular weight is 898 g/mol. The number of para-hydroxylation sites is 3. The summed E-state index contributed by atoms with van der Waals surface area (Å²) in [5.41, 5.74) is 14.8. The number of rotatable bonds is 7. The van der Waals surface area contributed by atoms with E-state index >= 15 is 0 Å². The van der Waals surface area contributed by atoms with Crippen molar-refractivity contribution < 1.29 is 13.9 Å². The normalized spacial score (nSPS) is 12.9. The first kappa shape index (κ1) is 39.7. The first-order valence-corrected chi connectivity index (χ1v) is 23.5. The van der Waals surface area contributed by atoms with Crippen molar-refractivity contribution in [3.05, 3.63) is 259 Å². The minimum Gasteiger partial charge on any atom is -0.455 e. The summed E-state index contributed by atoms with van der Waals surface area (Å²) in [6, 6.07) is 81.9. The molecule has 3 heterocycles. The lowest BCUT2D eigenvalue weighted by Crippen LogP contribution is -2.28. The van der Waals surface area contributed by atoms with Crippen molar-refractivity contribution in [1.29, 1.82) is 0 Å². The van der Waals surface area contributed by atoms with E-state index < -0.39 is 5.41 Å². The molecule has 14 rings (SSSR count). The van der Waals surface area contributed by atoms with Gasteiger partial charge in [-0.2, -0.15) is 0 Å². The van der Waals surface area contributed by atoms with Crippen LogP contribution in [-0.2, 0) is 5.41 Å². The summed E-state index contributed by atoms with van der Waals surface area (Å²) < 4.78 is 20.3. The monoisotopic (exact) mass is 897 g/mol. The molecule has 0 bridgehead atoms. The molecule has 0 amide bonds. The highest BCUT2D eigenvalue weighted by molar-refractivity contribution is 6.09. The van der Waals surface area contributed by atoms with Crippen LogP contribution in [0.4, 0.5) is 0 Å². The third kappa shape index (κ3) is 6.24. The molecule has 0 atom stereocenters. The van der Waals surface area contributed by atoms with E-state index in [0.717, 1.165) is 72.0 Å². The Morgan fingerprint density at radius 3 is 1.63 bits per heavy atom. The van der Waals surface area contributed by atoms with E-state index in [-0.39, 0.29) is 0 Å². The lowest BCUT2D eigenvalue weighted by atomic mass is 9.67. The number of hydrogen-bond donors (Lipinski definition) is 0. The van der Waals surface area contributed by atoms with Crippen LogP contribution >= 0.6 is 0 Å². The number of nitrogens with zero attached hydrogens (tertiary/aromatic N) is 3. The fraction of sp³-hybridized carbons (Fsp3) is 0.0156. The first-order valence-electron chi connectivity index (χ1n) is 23.5. The molecule has 70 heavy (non-hydrogen) atoms. The maximum Gasteiger partial charge on any atom is 0.177 e. The standard InChI is InChI=1S/C64H39N3O3/c1-4-17-41(18-5-1)61-65-62(42-35-33-40(34-36-42)47-27-15-29-51-50-26-11-13-31-55(50)69-59(47)51)67-63(66-61)44-20-14-19-43(37-44)48-28-16-32-56-60(48)70-57-38-52-49-25-10-12-30-53(49)64(45-21-6-2-7-22-45,46-23-8-3-9-24-46)54(52)39-58(57)68-56/h1-39H. The van der Waals surface area contributed by atoms with Gasteiger partial charge >= 0.3 is 0 Å². The predicted octanol–water partition coefficient (Wildman–Crippen LogP) is 16.4. The molecular weight excluding hydrogens is 859 g/mol. The van der Waals surface area contributed by atoms with Crippen LogP contribution in [0, 0.1) is 0 Å². The Labute approximate surface area is 403 Å². The minimum absolute atomic E-state index is 0.556. The number of benzene rings is 10. The van der Waals surface area contributed by atoms with E-state index in [4.69, 9.17) is 28.8 Å². The van der Waals surface area contributed by atoms with Gasteiger partial charge in [-0.25, -0.2) is 15.0 Å². The first-order chi connectivity index (χ1) is 34.7. The quantitative estimate of drug-likeness (QED) is 0.159. The van der Waals surface area contributed by atoms with Crippen LogP contribution in [0.5, 0.6) is 23.0 Å². The van der Waals surface area contributed by atoms with Crippen molar-refractivity contribution in [2.45, 2.75) is 5.41 Å². The van der Waals surface area contributed by atoms with Crippen LogP contribution < -0.4 is 9.47 Å². The van der Waals surface area contributed by atoms with Gasteiger partial charge in [0, 0.05) is 38.6 Å². The Bertz CT molecular complexity index is 3960. The summed E-state index contributed by atoms with van der Waals surface area (Å²) in [4.78, 5) is 15.3. The number of ether oxygens (including phenoxy) is 2. The maximum absolute atomic E-state index is 6.99. The highest BCUT2D eigenvalue weighted by Crippen LogP contribution is 2.60. The van der Waals surface area contributed by atoms with Gasteiger partial charge < -0.3 is 13.9 Å². The molecule has 6 heteroatoms. The number of aromatic nitrogens is 3. The number of fused-ring (bicyclic) bond motifs is 8. The van der Waals surface area contributed by atoms with E-state index in [1.54, 1.807) is 0 Å². The second-order valence-corrected chi connectivity index (χ2v) is 17.8. The molecule has 2 aromatic heterocycles. The molecule has 2 aliphatic rings. The van der Waals surface area contributed by atoms with Crippen molar-refractivity contribution in [3.8, 4) is 90.5 Å². The highest BCUT2D eigenvalue weighted by atomic mass is 16.6. The van der Waals surface area contributed by atoms with Crippen molar-refractivity contribution in [3.63, 3.8) is 0 Å². The van der Waals surface area contributed by atoms with E-state index in [2.05, 4.69) is 164 Å². The van der Waals surface area contributed by atoms with Crippen molar-refractivity contribution in [2.24, 2.45) is 0 Å². The molecule has 328 valence electrons. The summed E-state index contributed by atoms with van der Waals surface area (Å²) in [5.74, 6) is 4.35. The van der Waals surface area contributed by atoms with Gasteiger partial charge in [0.25, 0.3) is 0 Å². The Morgan fingerprint density at radius 1 is 0.314 bits per heavy atom. The predicted molar refractivity (Wildman–Crippen MR) is 278 cm³/mol. The molecule has 10 aromatic carbocycles. The summed E-state index contributed by atoms with van der Waals surface area (Å²) in [5, 5.41) is 2.20. The molecule has 12 aromatic rings. The molecule has 1 aliphatic carbocycles. The molecular formula is C64H39N3O3. The Kier molecular flexibility index (Phi) is 9.01. The lowest BCUT2D eigenvalue weighted by Gasteiger charge is -2.34. The van der Waals surface area contributed by atoms with Gasteiger partial charge in [-0.15, -0.1) is 0 Å². The van der Waals surface area contributed by atoms with Crippen LogP contribution in [-0.4, -0.2) is 15.0 Å². The lowest BCUT2D eigenvalue weighted by molar-refractivity contribution is 0.360. The van der Waals surface area contributed by atoms with Crippen LogP contribution in [0.2, 0.25) is 0 Å². The van der Waals surface area contributed by atoms with Gasteiger partial charge in [0.2, 0.25) is 0 Å². The molecule has 0 saturated carbocycles. The maximum atomic E-state index is 6.99. The Balaban J connectivity index is 0.841. The summed E-state index contributed by atoms with van der Waals surface area (Å²) in [7, 11) is 0. The fourth-order valence-corrected chi connectivity index (χ4v) is 10.7. The van der Waals surface area contributed by atoms with E-state index in [0.29, 0.717) is 40.5 Å². The molecule has 0 fully saturated rings. The van der Waals surface area contributed by atoms with Crippen LogP contribution in [0.15, 0.2) is 241 Å².